The Labute approximate surface area is 129 Å². The number of fused-ring (bicyclic) bond motifs is 1. The van der Waals surface area contributed by atoms with Crippen molar-refractivity contribution in [2.75, 3.05) is 13.7 Å². The van der Waals surface area contributed by atoms with Crippen LogP contribution in [-0.2, 0) is 4.74 Å². The number of hydrogen-bond donors (Lipinski definition) is 1. The minimum Gasteiger partial charge on any atom is -0.487 e. The van der Waals surface area contributed by atoms with Crippen molar-refractivity contribution in [2.24, 2.45) is 0 Å². The molecule has 0 aromatic heterocycles. The van der Waals surface area contributed by atoms with E-state index in [0.29, 0.717) is 12.1 Å². The number of nitrogens with one attached hydrogen (secondary N) is 1. The molecule has 1 aromatic carbocycles. The fourth-order valence-electron chi connectivity index (χ4n) is 3.33. The molecule has 1 saturated carbocycles. The van der Waals surface area contributed by atoms with Gasteiger partial charge in [-0.1, -0.05) is 22.9 Å². The van der Waals surface area contributed by atoms with E-state index in [2.05, 4.69) is 46.4 Å². The zero-order valence-electron chi connectivity index (χ0n) is 12.1. The second-order valence-corrected chi connectivity index (χ2v) is 6.86. The molecule has 1 unspecified atom stereocenters. The summed E-state index contributed by atoms with van der Waals surface area (Å²) in [6.45, 7) is 3.24. The first-order chi connectivity index (χ1) is 9.65. The molecule has 20 heavy (non-hydrogen) atoms. The van der Waals surface area contributed by atoms with Gasteiger partial charge in [0, 0.05) is 42.5 Å². The van der Waals surface area contributed by atoms with Gasteiger partial charge in [0.2, 0.25) is 0 Å². The van der Waals surface area contributed by atoms with Gasteiger partial charge in [-0.25, -0.2) is 0 Å². The predicted octanol–water partition coefficient (Wildman–Crippen LogP) is 3.82. The van der Waals surface area contributed by atoms with Crippen molar-refractivity contribution >= 4 is 15.9 Å². The molecular weight excluding hydrogens is 318 g/mol. The molecule has 4 heteroatoms. The van der Waals surface area contributed by atoms with Crippen LogP contribution in [0.25, 0.3) is 0 Å². The molecule has 1 aromatic rings. The third-order valence-electron chi connectivity index (χ3n) is 4.42. The summed E-state index contributed by atoms with van der Waals surface area (Å²) in [5.74, 6) is 1.03. The smallest absolute Gasteiger partial charge is 0.125 e. The van der Waals surface area contributed by atoms with Crippen LogP contribution in [0.4, 0.5) is 0 Å². The summed E-state index contributed by atoms with van der Waals surface area (Å²) in [5, 5.41) is 3.67. The Balaban J connectivity index is 1.84. The number of methoxy groups -OCH3 is 1. The van der Waals surface area contributed by atoms with Gasteiger partial charge >= 0.3 is 0 Å². The van der Waals surface area contributed by atoms with Crippen LogP contribution in [0.15, 0.2) is 22.7 Å². The van der Waals surface area contributed by atoms with Gasteiger partial charge in [0.15, 0.2) is 0 Å². The Morgan fingerprint density at radius 2 is 2.20 bits per heavy atom. The van der Waals surface area contributed by atoms with Crippen LogP contribution in [-0.4, -0.2) is 25.4 Å². The number of benzene rings is 1. The lowest BCUT2D eigenvalue weighted by atomic mass is 9.71. The van der Waals surface area contributed by atoms with Crippen molar-refractivity contribution in [3.8, 4) is 5.75 Å². The molecular formula is C16H22BrNO2. The lowest BCUT2D eigenvalue weighted by Crippen LogP contribution is -2.56. The van der Waals surface area contributed by atoms with Gasteiger partial charge in [0.1, 0.15) is 11.4 Å². The largest absolute Gasteiger partial charge is 0.487 e. The molecule has 1 heterocycles. The Kier molecular flexibility index (Phi) is 4.07. The highest BCUT2D eigenvalue weighted by Gasteiger charge is 2.51. The SMILES string of the molecule is CCCNC1CC2(CC(OC)C2)Oc2ccc(Br)cc21. The van der Waals surface area contributed by atoms with Gasteiger partial charge < -0.3 is 14.8 Å². The topological polar surface area (TPSA) is 30.5 Å². The first-order valence-corrected chi connectivity index (χ1v) is 8.20. The second-order valence-electron chi connectivity index (χ2n) is 5.94. The third-order valence-corrected chi connectivity index (χ3v) is 4.92. The van der Waals surface area contributed by atoms with E-state index in [1.807, 2.05) is 0 Å². The molecule has 1 N–H and O–H groups in total. The molecule has 110 valence electrons. The van der Waals surface area contributed by atoms with Crippen molar-refractivity contribution in [3.05, 3.63) is 28.2 Å². The summed E-state index contributed by atoms with van der Waals surface area (Å²) in [5.41, 5.74) is 1.26. The van der Waals surface area contributed by atoms with Crippen molar-refractivity contribution < 1.29 is 9.47 Å². The van der Waals surface area contributed by atoms with Crippen LogP contribution in [0.2, 0.25) is 0 Å². The molecule has 1 fully saturated rings. The monoisotopic (exact) mass is 339 g/mol. The van der Waals surface area contributed by atoms with Crippen molar-refractivity contribution in [1.82, 2.24) is 5.32 Å². The lowest BCUT2D eigenvalue weighted by Gasteiger charge is -2.51. The summed E-state index contributed by atoms with van der Waals surface area (Å²) >= 11 is 3.56. The van der Waals surface area contributed by atoms with E-state index in [1.54, 1.807) is 7.11 Å². The average molecular weight is 340 g/mol. The summed E-state index contributed by atoms with van der Waals surface area (Å²) in [7, 11) is 1.79. The lowest BCUT2D eigenvalue weighted by molar-refractivity contribution is -0.126. The van der Waals surface area contributed by atoms with E-state index < -0.39 is 0 Å². The zero-order chi connectivity index (χ0) is 14.2. The average Bonchev–Trinajstić information content (AvgIpc) is 2.42. The highest BCUT2D eigenvalue weighted by Crippen LogP contribution is 2.50. The normalized spacial score (nSPS) is 31.6. The van der Waals surface area contributed by atoms with Crippen LogP contribution in [0.5, 0.6) is 5.75 Å². The molecule has 3 rings (SSSR count). The molecule has 1 aliphatic heterocycles. The van der Waals surface area contributed by atoms with Crippen LogP contribution in [0.1, 0.15) is 44.2 Å². The van der Waals surface area contributed by atoms with Crippen LogP contribution in [0.3, 0.4) is 0 Å². The van der Waals surface area contributed by atoms with E-state index in [4.69, 9.17) is 9.47 Å². The van der Waals surface area contributed by atoms with Gasteiger partial charge in [0.05, 0.1) is 6.10 Å². The molecule has 2 aliphatic rings. The summed E-state index contributed by atoms with van der Waals surface area (Å²) in [6, 6.07) is 6.71. The maximum atomic E-state index is 6.31. The molecule has 1 spiro atoms. The molecule has 0 radical (unpaired) electrons. The van der Waals surface area contributed by atoms with Crippen LogP contribution in [0, 0.1) is 0 Å². The van der Waals surface area contributed by atoms with Crippen LogP contribution < -0.4 is 10.1 Å². The Morgan fingerprint density at radius 1 is 1.40 bits per heavy atom. The van der Waals surface area contributed by atoms with Crippen molar-refractivity contribution in [3.63, 3.8) is 0 Å². The van der Waals surface area contributed by atoms with E-state index in [-0.39, 0.29) is 5.60 Å². The molecule has 1 atom stereocenters. The molecule has 3 nitrogen and oxygen atoms in total. The van der Waals surface area contributed by atoms with Crippen molar-refractivity contribution in [2.45, 2.75) is 50.4 Å². The highest BCUT2D eigenvalue weighted by atomic mass is 79.9. The molecule has 0 bridgehead atoms. The molecule has 0 saturated heterocycles. The maximum Gasteiger partial charge on any atom is 0.125 e. The Hall–Kier alpha value is -0.580. The number of rotatable bonds is 4. The number of hydrogen-bond acceptors (Lipinski definition) is 3. The first-order valence-electron chi connectivity index (χ1n) is 7.40. The number of ether oxygens (including phenoxy) is 2. The van der Waals surface area contributed by atoms with Gasteiger partial charge in [-0.05, 0) is 31.2 Å². The first kappa shape index (κ1) is 14.4. The minimum absolute atomic E-state index is 0.0209. The van der Waals surface area contributed by atoms with Crippen molar-refractivity contribution in [1.29, 1.82) is 0 Å². The third kappa shape index (κ3) is 2.61. The van der Waals surface area contributed by atoms with E-state index in [9.17, 15) is 0 Å². The quantitative estimate of drug-likeness (QED) is 0.904. The summed E-state index contributed by atoms with van der Waals surface area (Å²) in [6.07, 6.45) is 4.55. The Bertz CT molecular complexity index is 485. The fourth-order valence-corrected chi connectivity index (χ4v) is 3.71. The standard InChI is InChI=1S/C16H22BrNO2/c1-3-6-18-14-10-16(8-12(9-16)19-2)20-15-5-4-11(17)7-13(14)15/h4-5,7,12,14,18H,3,6,8-10H2,1-2H3. The fraction of sp³-hybridized carbons (Fsp3) is 0.625. The highest BCUT2D eigenvalue weighted by molar-refractivity contribution is 9.10. The summed E-state index contributed by atoms with van der Waals surface area (Å²) in [4.78, 5) is 0. The van der Waals surface area contributed by atoms with E-state index in [0.717, 1.165) is 42.5 Å². The predicted molar refractivity (Wildman–Crippen MR) is 83.2 cm³/mol. The summed E-state index contributed by atoms with van der Waals surface area (Å²) < 4.78 is 12.9. The van der Waals surface area contributed by atoms with Crippen LogP contribution >= 0.6 is 15.9 Å². The van der Waals surface area contributed by atoms with E-state index >= 15 is 0 Å². The zero-order valence-corrected chi connectivity index (χ0v) is 13.7. The van der Waals surface area contributed by atoms with Gasteiger partial charge in [-0.2, -0.15) is 0 Å². The van der Waals surface area contributed by atoms with E-state index in [1.165, 1.54) is 5.56 Å². The van der Waals surface area contributed by atoms with Gasteiger partial charge in [-0.15, -0.1) is 0 Å². The van der Waals surface area contributed by atoms with Gasteiger partial charge in [-0.3, -0.25) is 0 Å². The maximum absolute atomic E-state index is 6.31. The minimum atomic E-state index is -0.0209. The Morgan fingerprint density at radius 3 is 2.90 bits per heavy atom. The number of halogens is 1. The van der Waals surface area contributed by atoms with Gasteiger partial charge in [0.25, 0.3) is 0 Å². The molecule has 0 amide bonds. The molecule has 1 aliphatic carbocycles. The second kappa shape index (κ2) is 5.66.